The Bertz CT molecular complexity index is 1060. The number of fused-ring (bicyclic) bond motifs is 1. The summed E-state index contributed by atoms with van der Waals surface area (Å²) in [7, 11) is 0. The predicted octanol–water partition coefficient (Wildman–Crippen LogP) is 4.33. The standard InChI is InChI=1S/C28H37NO8S/c1-4-16(2)28(35)37-25-10-9-23(29-36-15-20-6-5-11-38-20)22-14-24(32)17(3)21(27(22)25)8-7-18(30)12-19(31)13-26(33)34/h5-6,11,14,16-17,19,21,25,27,31H,4,7-10,12-13,15H2,1-3H3,(H,33,34)/b29-23+. The number of aliphatic hydroxyl groups is 1. The second-order valence-electron chi connectivity index (χ2n) is 10.2. The minimum Gasteiger partial charge on any atom is -0.481 e. The van der Waals surface area contributed by atoms with Crippen molar-refractivity contribution in [1.29, 1.82) is 0 Å². The number of esters is 1. The lowest BCUT2D eigenvalue weighted by atomic mass is 9.63. The highest BCUT2D eigenvalue weighted by Crippen LogP contribution is 2.44. The third-order valence-corrected chi connectivity index (χ3v) is 8.33. The molecule has 1 fully saturated rings. The Hall–Kier alpha value is -2.85. The van der Waals surface area contributed by atoms with E-state index in [1.54, 1.807) is 17.4 Å². The maximum Gasteiger partial charge on any atom is 0.308 e. The zero-order valence-corrected chi connectivity index (χ0v) is 22.9. The number of ketones is 2. The van der Waals surface area contributed by atoms with E-state index in [0.29, 0.717) is 43.6 Å². The predicted molar refractivity (Wildman–Crippen MR) is 141 cm³/mol. The van der Waals surface area contributed by atoms with Crippen molar-refractivity contribution in [3.63, 3.8) is 0 Å². The van der Waals surface area contributed by atoms with Gasteiger partial charge in [-0.1, -0.05) is 32.0 Å². The number of allylic oxidation sites excluding steroid dienone is 1. The Morgan fingerprint density at radius 1 is 1.26 bits per heavy atom. The number of hydrogen-bond donors (Lipinski definition) is 2. The molecule has 208 valence electrons. The summed E-state index contributed by atoms with van der Waals surface area (Å²) in [5, 5.41) is 25.0. The van der Waals surface area contributed by atoms with Crippen LogP contribution in [0.4, 0.5) is 0 Å². The molecule has 1 saturated carbocycles. The zero-order chi connectivity index (χ0) is 27.8. The van der Waals surface area contributed by atoms with Gasteiger partial charge in [0.1, 0.15) is 11.9 Å². The van der Waals surface area contributed by atoms with E-state index >= 15 is 0 Å². The molecule has 1 aromatic heterocycles. The fraction of sp³-hybridized carbons (Fsp3) is 0.607. The molecule has 3 rings (SSSR count). The van der Waals surface area contributed by atoms with E-state index < -0.39 is 30.5 Å². The molecular weight excluding hydrogens is 510 g/mol. The summed E-state index contributed by atoms with van der Waals surface area (Å²) in [5.74, 6) is -3.10. The molecule has 0 spiro atoms. The maximum absolute atomic E-state index is 13.0. The van der Waals surface area contributed by atoms with Gasteiger partial charge in [0.05, 0.1) is 24.2 Å². The van der Waals surface area contributed by atoms with Crippen LogP contribution in [-0.2, 0) is 35.4 Å². The lowest BCUT2D eigenvalue weighted by Crippen LogP contribution is -2.46. The second kappa shape index (κ2) is 13.8. The number of thiophene rings is 1. The highest BCUT2D eigenvalue weighted by molar-refractivity contribution is 7.09. The SMILES string of the molecule is CCC(C)C(=O)OC1CC/C(=N\OCc2cccs2)C2=CC(=O)C(C)C(CCC(=O)CC(O)CC(=O)O)C21. The van der Waals surface area contributed by atoms with E-state index in [9.17, 15) is 24.3 Å². The Morgan fingerprint density at radius 2 is 2.03 bits per heavy atom. The van der Waals surface area contributed by atoms with Gasteiger partial charge in [-0.25, -0.2) is 0 Å². The van der Waals surface area contributed by atoms with Crippen molar-refractivity contribution in [2.75, 3.05) is 0 Å². The molecule has 38 heavy (non-hydrogen) atoms. The van der Waals surface area contributed by atoms with Crippen molar-refractivity contribution < 1.29 is 39.0 Å². The van der Waals surface area contributed by atoms with Gasteiger partial charge in [0.2, 0.25) is 0 Å². The van der Waals surface area contributed by atoms with Crippen LogP contribution in [0.25, 0.3) is 0 Å². The number of Topliss-reactive ketones (excluding diaryl/α,β-unsaturated/α-hetero) is 1. The summed E-state index contributed by atoms with van der Waals surface area (Å²) in [5.41, 5.74) is 1.34. The highest BCUT2D eigenvalue weighted by Gasteiger charge is 2.46. The number of oxime groups is 1. The molecule has 6 unspecified atom stereocenters. The van der Waals surface area contributed by atoms with E-state index in [1.165, 1.54) is 0 Å². The van der Waals surface area contributed by atoms with Crippen LogP contribution in [0.1, 0.15) is 70.6 Å². The van der Waals surface area contributed by atoms with Gasteiger partial charge in [0.15, 0.2) is 12.4 Å². The van der Waals surface area contributed by atoms with Gasteiger partial charge < -0.3 is 19.8 Å². The summed E-state index contributed by atoms with van der Waals surface area (Å²) >= 11 is 1.56. The minimum absolute atomic E-state index is 0.0795. The van der Waals surface area contributed by atoms with Gasteiger partial charge in [-0.2, -0.15) is 0 Å². The third-order valence-electron chi connectivity index (χ3n) is 7.48. The monoisotopic (exact) mass is 547 g/mol. The molecule has 9 nitrogen and oxygen atoms in total. The van der Waals surface area contributed by atoms with Crippen molar-refractivity contribution in [2.45, 2.75) is 84.5 Å². The zero-order valence-electron chi connectivity index (χ0n) is 22.1. The van der Waals surface area contributed by atoms with Crippen LogP contribution in [0.2, 0.25) is 0 Å². The van der Waals surface area contributed by atoms with E-state index in [1.807, 2.05) is 38.3 Å². The van der Waals surface area contributed by atoms with Gasteiger partial charge in [-0.3, -0.25) is 19.2 Å². The van der Waals surface area contributed by atoms with Crippen LogP contribution in [0, 0.1) is 23.7 Å². The van der Waals surface area contributed by atoms with Gasteiger partial charge >= 0.3 is 11.9 Å². The number of nitrogens with zero attached hydrogens (tertiary/aromatic N) is 1. The molecule has 2 aliphatic carbocycles. The summed E-state index contributed by atoms with van der Waals surface area (Å²) in [6, 6.07) is 3.88. The average molecular weight is 548 g/mol. The average Bonchev–Trinajstić information content (AvgIpc) is 3.38. The van der Waals surface area contributed by atoms with E-state index in [-0.39, 0.29) is 48.1 Å². The number of carboxylic acid groups (broad SMARTS) is 1. The molecule has 0 saturated heterocycles. The molecule has 0 bridgehead atoms. The van der Waals surface area contributed by atoms with Crippen molar-refractivity contribution in [1.82, 2.24) is 0 Å². The number of carboxylic acids is 1. The molecular formula is C28H37NO8S. The van der Waals surface area contributed by atoms with Crippen LogP contribution in [-0.4, -0.2) is 51.6 Å². The lowest BCUT2D eigenvalue weighted by molar-refractivity contribution is -0.158. The Labute approximate surface area is 226 Å². The summed E-state index contributed by atoms with van der Waals surface area (Å²) in [6.07, 6.45) is 1.18. The highest BCUT2D eigenvalue weighted by atomic mass is 32.1. The van der Waals surface area contributed by atoms with E-state index in [2.05, 4.69) is 5.16 Å². The van der Waals surface area contributed by atoms with Gasteiger partial charge in [0, 0.05) is 29.6 Å². The van der Waals surface area contributed by atoms with E-state index in [0.717, 1.165) is 4.88 Å². The molecule has 1 aromatic rings. The van der Waals surface area contributed by atoms with E-state index in [4.69, 9.17) is 14.7 Å². The number of aliphatic carboxylic acids is 1. The number of rotatable bonds is 13. The largest absolute Gasteiger partial charge is 0.481 e. The fourth-order valence-electron chi connectivity index (χ4n) is 5.12. The first-order valence-corrected chi connectivity index (χ1v) is 14.1. The van der Waals surface area contributed by atoms with Gasteiger partial charge in [-0.05, 0) is 54.7 Å². The van der Waals surface area contributed by atoms with Crippen LogP contribution < -0.4 is 0 Å². The Balaban J connectivity index is 1.82. The molecule has 0 radical (unpaired) electrons. The topological polar surface area (TPSA) is 140 Å². The summed E-state index contributed by atoms with van der Waals surface area (Å²) in [6.45, 7) is 5.87. The van der Waals surface area contributed by atoms with Crippen LogP contribution >= 0.6 is 11.3 Å². The first-order valence-electron chi connectivity index (χ1n) is 13.2. The molecule has 2 N–H and O–H groups in total. The Morgan fingerprint density at radius 3 is 2.68 bits per heavy atom. The molecule has 2 aliphatic rings. The molecule has 1 heterocycles. The van der Waals surface area contributed by atoms with Crippen molar-refractivity contribution >= 4 is 40.6 Å². The number of ether oxygens (including phenoxy) is 1. The van der Waals surface area contributed by atoms with Crippen LogP contribution in [0.3, 0.4) is 0 Å². The smallest absolute Gasteiger partial charge is 0.308 e. The number of aliphatic hydroxyl groups excluding tert-OH is 1. The second-order valence-corrected chi connectivity index (χ2v) is 11.3. The normalized spacial score (nSPS) is 25.7. The fourth-order valence-corrected chi connectivity index (χ4v) is 5.72. The maximum atomic E-state index is 13.0. The first-order chi connectivity index (χ1) is 18.1. The molecule has 0 aliphatic heterocycles. The minimum atomic E-state index is -1.25. The van der Waals surface area contributed by atoms with Crippen molar-refractivity contribution in [2.24, 2.45) is 28.8 Å². The Kier molecular flexibility index (Phi) is 10.8. The first kappa shape index (κ1) is 29.7. The van der Waals surface area contributed by atoms with Crippen LogP contribution in [0.15, 0.2) is 34.3 Å². The van der Waals surface area contributed by atoms with Gasteiger partial charge in [0.25, 0.3) is 0 Å². The van der Waals surface area contributed by atoms with Crippen LogP contribution in [0.5, 0.6) is 0 Å². The summed E-state index contributed by atoms with van der Waals surface area (Å²) in [4.78, 5) is 55.8. The number of hydrogen-bond acceptors (Lipinski definition) is 9. The molecule has 0 amide bonds. The lowest BCUT2D eigenvalue weighted by Gasteiger charge is -2.43. The van der Waals surface area contributed by atoms with Gasteiger partial charge in [-0.15, -0.1) is 11.3 Å². The quantitative estimate of drug-likeness (QED) is 0.275. The molecule has 6 atom stereocenters. The number of carbonyl (C=O) groups is 4. The third kappa shape index (κ3) is 7.83. The van der Waals surface area contributed by atoms with Crippen molar-refractivity contribution in [3.8, 4) is 0 Å². The molecule has 10 heteroatoms. The molecule has 0 aromatic carbocycles. The van der Waals surface area contributed by atoms with Crippen molar-refractivity contribution in [3.05, 3.63) is 34.0 Å². The number of carbonyl (C=O) groups excluding carboxylic acids is 3. The summed E-state index contributed by atoms with van der Waals surface area (Å²) < 4.78 is 5.98.